The lowest BCUT2D eigenvalue weighted by Crippen LogP contribution is -2.31. The van der Waals surface area contributed by atoms with Crippen LogP contribution in [0.3, 0.4) is 0 Å². The molecule has 4 nitrogen and oxygen atoms in total. The van der Waals surface area contributed by atoms with Gasteiger partial charge in [-0.3, -0.25) is 9.59 Å². The number of anilines is 1. The number of hydrogen-bond donors (Lipinski definition) is 1. The molecule has 1 aromatic carbocycles. The SMILES string of the molecule is CN1C(=O)/C(=C\C(=O)NC2CC2)Sc2ccccc21. The summed E-state index contributed by atoms with van der Waals surface area (Å²) in [5, 5.41) is 2.86. The minimum atomic E-state index is -0.175. The molecule has 1 fully saturated rings. The Hall–Kier alpha value is -1.75. The second-order valence-electron chi connectivity index (χ2n) is 4.73. The zero-order chi connectivity index (χ0) is 13.4. The second-order valence-corrected chi connectivity index (χ2v) is 5.81. The van der Waals surface area contributed by atoms with Crippen molar-refractivity contribution >= 4 is 29.3 Å². The van der Waals surface area contributed by atoms with Crippen LogP contribution in [0.4, 0.5) is 5.69 Å². The van der Waals surface area contributed by atoms with Gasteiger partial charge in [-0.05, 0) is 25.0 Å². The molecule has 1 aliphatic heterocycles. The van der Waals surface area contributed by atoms with Crippen LogP contribution in [0.25, 0.3) is 0 Å². The van der Waals surface area contributed by atoms with Crippen molar-refractivity contribution in [2.75, 3.05) is 11.9 Å². The molecule has 2 aliphatic rings. The molecule has 2 amide bonds. The monoisotopic (exact) mass is 274 g/mol. The Bertz CT molecular complexity index is 579. The van der Waals surface area contributed by atoms with Crippen LogP contribution >= 0.6 is 11.8 Å². The quantitative estimate of drug-likeness (QED) is 0.838. The molecule has 0 unspecified atom stereocenters. The fraction of sp³-hybridized carbons (Fsp3) is 0.286. The average Bonchev–Trinajstić information content (AvgIpc) is 3.19. The molecule has 1 aromatic rings. The Kier molecular flexibility index (Phi) is 3.06. The van der Waals surface area contributed by atoms with E-state index >= 15 is 0 Å². The Balaban J connectivity index is 1.85. The van der Waals surface area contributed by atoms with Gasteiger partial charge in [0.25, 0.3) is 5.91 Å². The lowest BCUT2D eigenvalue weighted by atomic mass is 10.2. The predicted molar refractivity (Wildman–Crippen MR) is 75.0 cm³/mol. The zero-order valence-electron chi connectivity index (χ0n) is 10.6. The molecule has 0 radical (unpaired) electrons. The molecule has 0 aromatic heterocycles. The highest BCUT2D eigenvalue weighted by Gasteiger charge is 2.28. The number of thioether (sulfide) groups is 1. The van der Waals surface area contributed by atoms with Gasteiger partial charge < -0.3 is 10.2 Å². The number of rotatable bonds is 2. The number of nitrogens with one attached hydrogen (secondary N) is 1. The summed E-state index contributed by atoms with van der Waals surface area (Å²) in [6.07, 6.45) is 3.50. The molecule has 0 atom stereocenters. The van der Waals surface area contributed by atoms with E-state index in [1.807, 2.05) is 24.3 Å². The predicted octanol–water partition coefficient (Wildman–Crippen LogP) is 1.92. The first-order valence-corrected chi connectivity index (χ1v) is 7.04. The normalized spacial score (nSPS) is 20.4. The number of nitrogens with zero attached hydrogens (tertiary/aromatic N) is 1. The molecule has 98 valence electrons. The van der Waals surface area contributed by atoms with Crippen LogP contribution in [0.5, 0.6) is 0 Å². The van der Waals surface area contributed by atoms with E-state index in [-0.39, 0.29) is 11.8 Å². The Morgan fingerprint density at radius 1 is 1.42 bits per heavy atom. The minimum Gasteiger partial charge on any atom is -0.350 e. The van der Waals surface area contributed by atoms with E-state index in [9.17, 15) is 9.59 Å². The highest BCUT2D eigenvalue weighted by Crippen LogP contribution is 2.40. The van der Waals surface area contributed by atoms with Crippen molar-refractivity contribution in [3.05, 3.63) is 35.2 Å². The lowest BCUT2D eigenvalue weighted by molar-refractivity contribution is -0.118. The Labute approximate surface area is 115 Å². The summed E-state index contributed by atoms with van der Waals surface area (Å²) in [5.41, 5.74) is 0.886. The molecule has 1 N–H and O–H groups in total. The maximum absolute atomic E-state index is 12.2. The summed E-state index contributed by atoms with van der Waals surface area (Å²) in [7, 11) is 1.73. The third-order valence-electron chi connectivity index (χ3n) is 3.15. The first kappa shape index (κ1) is 12.3. The summed E-state index contributed by atoms with van der Waals surface area (Å²) >= 11 is 1.35. The summed E-state index contributed by atoms with van der Waals surface area (Å²) in [4.78, 5) is 27.0. The largest absolute Gasteiger partial charge is 0.350 e. The first-order valence-electron chi connectivity index (χ1n) is 6.22. The Morgan fingerprint density at radius 3 is 2.89 bits per heavy atom. The first-order chi connectivity index (χ1) is 9.15. The molecule has 3 rings (SSSR count). The molecule has 5 heteroatoms. The van der Waals surface area contributed by atoms with Crippen molar-refractivity contribution in [2.24, 2.45) is 0 Å². The molecular formula is C14H14N2O2S. The standard InChI is InChI=1S/C14H14N2O2S/c1-16-10-4-2-3-5-11(10)19-12(14(16)18)8-13(17)15-9-6-7-9/h2-5,8-9H,6-7H2,1H3,(H,15,17)/b12-8+. The van der Waals surface area contributed by atoms with Gasteiger partial charge in [-0.2, -0.15) is 0 Å². The van der Waals surface area contributed by atoms with Crippen LogP contribution in [0.15, 0.2) is 40.1 Å². The number of para-hydroxylation sites is 1. The fourth-order valence-corrected chi connectivity index (χ4v) is 3.02. The van der Waals surface area contributed by atoms with Gasteiger partial charge in [0, 0.05) is 24.1 Å². The third kappa shape index (κ3) is 2.51. The van der Waals surface area contributed by atoms with Crippen LogP contribution in [0.1, 0.15) is 12.8 Å². The molecule has 1 saturated carbocycles. The topological polar surface area (TPSA) is 49.4 Å². The van der Waals surface area contributed by atoms with Crippen molar-refractivity contribution in [1.29, 1.82) is 0 Å². The molecular weight excluding hydrogens is 260 g/mol. The molecule has 0 bridgehead atoms. The minimum absolute atomic E-state index is 0.130. The van der Waals surface area contributed by atoms with Gasteiger partial charge in [0.1, 0.15) is 0 Å². The molecule has 1 heterocycles. The van der Waals surface area contributed by atoms with E-state index in [0.717, 1.165) is 23.4 Å². The second kappa shape index (κ2) is 4.74. The van der Waals surface area contributed by atoms with E-state index in [4.69, 9.17) is 0 Å². The summed E-state index contributed by atoms with van der Waals surface area (Å²) < 4.78 is 0. The van der Waals surface area contributed by atoms with E-state index in [2.05, 4.69) is 5.32 Å². The van der Waals surface area contributed by atoms with Crippen LogP contribution in [-0.2, 0) is 9.59 Å². The summed E-state index contributed by atoms with van der Waals surface area (Å²) in [6, 6.07) is 7.99. The van der Waals surface area contributed by atoms with E-state index < -0.39 is 0 Å². The highest BCUT2D eigenvalue weighted by molar-refractivity contribution is 8.04. The zero-order valence-corrected chi connectivity index (χ0v) is 11.4. The van der Waals surface area contributed by atoms with Crippen molar-refractivity contribution in [3.63, 3.8) is 0 Å². The number of hydrogen-bond acceptors (Lipinski definition) is 3. The van der Waals surface area contributed by atoms with Crippen LogP contribution in [0.2, 0.25) is 0 Å². The van der Waals surface area contributed by atoms with Crippen LogP contribution in [0, 0.1) is 0 Å². The van der Waals surface area contributed by atoms with Gasteiger partial charge in [-0.25, -0.2) is 0 Å². The van der Waals surface area contributed by atoms with Crippen molar-refractivity contribution in [1.82, 2.24) is 5.32 Å². The van der Waals surface area contributed by atoms with Gasteiger partial charge in [0.2, 0.25) is 5.91 Å². The number of carbonyl (C=O) groups excluding carboxylic acids is 2. The van der Waals surface area contributed by atoms with Crippen molar-refractivity contribution in [2.45, 2.75) is 23.8 Å². The highest BCUT2D eigenvalue weighted by atomic mass is 32.2. The van der Waals surface area contributed by atoms with Crippen LogP contribution in [-0.4, -0.2) is 24.9 Å². The summed E-state index contributed by atoms with van der Waals surface area (Å²) in [5.74, 6) is -0.305. The Morgan fingerprint density at radius 2 is 2.16 bits per heavy atom. The number of benzene rings is 1. The lowest BCUT2D eigenvalue weighted by Gasteiger charge is -2.26. The smallest absolute Gasteiger partial charge is 0.265 e. The maximum Gasteiger partial charge on any atom is 0.265 e. The molecule has 19 heavy (non-hydrogen) atoms. The van der Waals surface area contributed by atoms with Crippen molar-refractivity contribution < 1.29 is 9.59 Å². The fourth-order valence-electron chi connectivity index (χ4n) is 1.94. The van der Waals surface area contributed by atoms with Gasteiger partial charge in [0.05, 0.1) is 10.6 Å². The third-order valence-corrected chi connectivity index (χ3v) is 4.23. The van der Waals surface area contributed by atoms with E-state index in [0.29, 0.717) is 10.9 Å². The van der Waals surface area contributed by atoms with E-state index in [1.54, 1.807) is 11.9 Å². The molecule has 0 spiro atoms. The number of amides is 2. The van der Waals surface area contributed by atoms with Crippen molar-refractivity contribution in [3.8, 4) is 0 Å². The maximum atomic E-state index is 12.2. The van der Waals surface area contributed by atoms with Crippen LogP contribution < -0.4 is 10.2 Å². The van der Waals surface area contributed by atoms with E-state index in [1.165, 1.54) is 17.8 Å². The molecule has 1 aliphatic carbocycles. The van der Waals surface area contributed by atoms with Gasteiger partial charge in [-0.1, -0.05) is 23.9 Å². The number of carbonyl (C=O) groups is 2. The van der Waals surface area contributed by atoms with Gasteiger partial charge in [-0.15, -0.1) is 0 Å². The number of likely N-dealkylation sites (N-methyl/N-ethyl adjacent to an activating group) is 1. The summed E-state index contributed by atoms with van der Waals surface area (Å²) in [6.45, 7) is 0. The number of fused-ring (bicyclic) bond motifs is 1. The average molecular weight is 274 g/mol. The van der Waals surface area contributed by atoms with Gasteiger partial charge in [0.15, 0.2) is 0 Å². The molecule has 0 saturated heterocycles. The van der Waals surface area contributed by atoms with Gasteiger partial charge >= 0.3 is 0 Å².